The van der Waals surface area contributed by atoms with Crippen molar-refractivity contribution in [1.29, 1.82) is 0 Å². The molecule has 5 heteroatoms. The molecule has 1 aromatic rings. The van der Waals surface area contributed by atoms with Crippen molar-refractivity contribution in [3.05, 3.63) is 52.8 Å². The normalized spacial score (nSPS) is 18.1. The third kappa shape index (κ3) is 8.81. The molecule has 27 heavy (non-hydrogen) atoms. The molecule has 0 heterocycles. The van der Waals surface area contributed by atoms with E-state index in [-0.39, 0.29) is 68.5 Å². The van der Waals surface area contributed by atoms with Gasteiger partial charge in [0.1, 0.15) is 0 Å². The third-order valence-corrected chi connectivity index (χ3v) is 7.68. The molecule has 1 fully saturated rings. The van der Waals surface area contributed by atoms with Gasteiger partial charge >= 0.3 is 21.7 Å². The van der Waals surface area contributed by atoms with Gasteiger partial charge < -0.3 is 37.2 Å². The Morgan fingerprint density at radius 1 is 1.04 bits per heavy atom. The zero-order valence-electron chi connectivity index (χ0n) is 16.5. The van der Waals surface area contributed by atoms with Gasteiger partial charge in [-0.2, -0.15) is 5.57 Å². The van der Waals surface area contributed by atoms with Crippen LogP contribution in [-0.2, 0) is 21.7 Å². The van der Waals surface area contributed by atoms with Crippen LogP contribution in [0.1, 0.15) is 65.2 Å². The van der Waals surface area contributed by atoms with Gasteiger partial charge in [0.15, 0.2) is 0 Å². The summed E-state index contributed by atoms with van der Waals surface area (Å²) in [6.45, 7) is 4.71. The van der Waals surface area contributed by atoms with E-state index >= 15 is 0 Å². The van der Waals surface area contributed by atoms with Crippen LogP contribution < -0.4 is 42.4 Å². The predicted molar refractivity (Wildman–Crippen MR) is 104 cm³/mol. The van der Waals surface area contributed by atoms with E-state index in [2.05, 4.69) is 50.3 Å². The Kier molecular flexibility index (Phi) is 16.9. The molecular weight excluding hydrogens is 447 g/mol. The molecule has 0 nitrogen and oxygen atoms in total. The van der Waals surface area contributed by atoms with Crippen molar-refractivity contribution in [1.82, 2.24) is 0 Å². The molecule has 0 saturated heterocycles. The van der Waals surface area contributed by atoms with Crippen LogP contribution in [-0.4, -0.2) is 9.52 Å². The van der Waals surface area contributed by atoms with Gasteiger partial charge in [-0.05, 0) is 21.9 Å². The van der Waals surface area contributed by atoms with Gasteiger partial charge in [-0.1, -0.05) is 100 Å². The first-order valence-corrected chi connectivity index (χ1v) is 11.0. The molecule has 1 aromatic carbocycles. The summed E-state index contributed by atoms with van der Waals surface area (Å²) in [5, 5.41) is 3.36. The van der Waals surface area contributed by atoms with Gasteiger partial charge in [0.05, 0.1) is 0 Å². The van der Waals surface area contributed by atoms with Gasteiger partial charge in [0, 0.05) is 0 Å². The van der Waals surface area contributed by atoms with E-state index in [1.54, 1.807) is 21.5 Å². The van der Waals surface area contributed by atoms with E-state index in [4.69, 9.17) is 0 Å². The van der Waals surface area contributed by atoms with Crippen LogP contribution in [0.25, 0.3) is 0 Å². The van der Waals surface area contributed by atoms with Gasteiger partial charge in [-0.25, -0.2) is 16.8 Å². The number of benzene rings is 1. The number of hydrogen-bond donors (Lipinski definition) is 0. The van der Waals surface area contributed by atoms with Crippen LogP contribution in [0.2, 0.25) is 0 Å². The first-order chi connectivity index (χ1) is 11.3. The number of hydrogen-bond acceptors (Lipinski definition) is 0. The van der Waals surface area contributed by atoms with E-state index < -0.39 is 0 Å². The smallest absolute Gasteiger partial charge is 1.00 e. The second-order valence-electron chi connectivity index (χ2n) is 7.60. The quantitative estimate of drug-likeness (QED) is 0.289. The molecule has 0 spiro atoms. The number of halogens is 3. The van der Waals surface area contributed by atoms with Crippen molar-refractivity contribution in [2.24, 2.45) is 11.8 Å². The fourth-order valence-corrected chi connectivity index (χ4v) is 6.27. The number of rotatable bonds is 6. The Hall–Kier alpha value is 0.501. The monoisotopic (exact) mass is 476 g/mol. The second kappa shape index (κ2) is 15.4. The Morgan fingerprint density at radius 2 is 1.67 bits per heavy atom. The molecule has 2 aliphatic carbocycles. The zero-order valence-corrected chi connectivity index (χ0v) is 21.8. The van der Waals surface area contributed by atoms with Gasteiger partial charge in [-0.3, -0.25) is 0 Å². The van der Waals surface area contributed by atoms with Crippen molar-refractivity contribution in [3.8, 4) is 0 Å². The molecule has 1 saturated carbocycles. The van der Waals surface area contributed by atoms with E-state index in [9.17, 15) is 0 Å². The van der Waals surface area contributed by atoms with Crippen LogP contribution in [0.15, 0.2) is 46.7 Å². The molecule has 0 aliphatic heterocycles. The summed E-state index contributed by atoms with van der Waals surface area (Å²) < 4.78 is 0. The summed E-state index contributed by atoms with van der Waals surface area (Å²) in [6, 6.07) is 11.2. The van der Waals surface area contributed by atoms with E-state index in [0.29, 0.717) is 5.92 Å². The summed E-state index contributed by atoms with van der Waals surface area (Å²) in [7, 11) is -0.308. The third-order valence-electron chi connectivity index (χ3n) is 5.74. The van der Waals surface area contributed by atoms with Crippen molar-refractivity contribution < 1.29 is 58.9 Å². The minimum absolute atomic E-state index is 0. The van der Waals surface area contributed by atoms with E-state index in [1.807, 2.05) is 0 Å². The van der Waals surface area contributed by atoms with E-state index in [0.717, 1.165) is 5.92 Å². The van der Waals surface area contributed by atoms with Crippen LogP contribution in [0.4, 0.5) is 0 Å². The number of allylic oxidation sites excluding steroid dienone is 4. The Bertz CT molecular complexity index is 580. The molecule has 148 valence electrons. The van der Waals surface area contributed by atoms with Gasteiger partial charge in [-0.15, -0.1) is 0 Å². The SMILES string of the molecule is CCC(C)C1=C([SiH2]c2ccccc2)CC(CC2CCCCC2)=[C-]1.[Cl-].[Cl-].[Cl-].[Ti+4]. The molecule has 1 unspecified atom stereocenters. The maximum absolute atomic E-state index is 3.89. The molecule has 0 radical (unpaired) electrons. The molecule has 0 amide bonds. The fourth-order valence-electron chi connectivity index (χ4n) is 4.21. The molecule has 0 aromatic heterocycles. The Morgan fingerprint density at radius 3 is 2.26 bits per heavy atom. The summed E-state index contributed by atoms with van der Waals surface area (Å²) in [5.41, 5.74) is 3.22. The van der Waals surface area contributed by atoms with Crippen LogP contribution in [0.3, 0.4) is 0 Å². The summed E-state index contributed by atoms with van der Waals surface area (Å²) in [6.07, 6.45) is 15.0. The summed E-state index contributed by atoms with van der Waals surface area (Å²) >= 11 is 0. The zero-order chi connectivity index (χ0) is 16.1. The largest absolute Gasteiger partial charge is 4.00 e. The molecule has 0 N–H and O–H groups in total. The second-order valence-corrected chi connectivity index (χ2v) is 9.63. The fraction of sp³-hybridized carbons (Fsp3) is 0.545. The minimum atomic E-state index is -0.308. The van der Waals surface area contributed by atoms with Crippen LogP contribution >= 0.6 is 0 Å². The van der Waals surface area contributed by atoms with Crippen molar-refractivity contribution in [2.75, 3.05) is 0 Å². The standard InChI is InChI=1S/C22H31Si.3ClH.Ti/c1-3-17(2)21-15-19(14-18-10-6-4-7-11-18)16-22(21)23-20-12-8-5-9-13-20;;;;/h5,8-9,12-13,17-18H,3-4,6-7,10-11,14,16,23H2,1-2H3;3*1H;/q-1;;;;+4/p-3. The molecule has 0 bridgehead atoms. The van der Waals surface area contributed by atoms with Crippen LogP contribution in [0.5, 0.6) is 0 Å². The van der Waals surface area contributed by atoms with Gasteiger partial charge in [0.25, 0.3) is 0 Å². The first kappa shape index (κ1) is 29.7. The van der Waals surface area contributed by atoms with Crippen molar-refractivity contribution >= 4 is 14.7 Å². The summed E-state index contributed by atoms with van der Waals surface area (Å²) in [4.78, 5) is 0. The van der Waals surface area contributed by atoms with Crippen LogP contribution in [0, 0.1) is 17.9 Å². The Balaban J connectivity index is 0. The summed E-state index contributed by atoms with van der Waals surface area (Å²) in [5.74, 6) is 1.63. The molecule has 2 aliphatic rings. The maximum Gasteiger partial charge on any atom is 4.00 e. The maximum atomic E-state index is 3.89. The average molecular weight is 478 g/mol. The molecule has 3 rings (SSSR count). The minimum Gasteiger partial charge on any atom is -1.00 e. The molecule has 1 atom stereocenters. The van der Waals surface area contributed by atoms with Gasteiger partial charge in [0.2, 0.25) is 0 Å². The first-order valence-electron chi connectivity index (χ1n) is 9.63. The predicted octanol–water partition coefficient (Wildman–Crippen LogP) is -4.11. The van der Waals surface area contributed by atoms with E-state index in [1.165, 1.54) is 51.4 Å². The van der Waals surface area contributed by atoms with Crippen molar-refractivity contribution in [3.63, 3.8) is 0 Å². The molecular formula is C22H31Cl3SiTi. The Labute approximate surface area is 202 Å². The topological polar surface area (TPSA) is 0 Å². The average Bonchev–Trinajstić information content (AvgIpc) is 2.98. The van der Waals surface area contributed by atoms with Crippen molar-refractivity contribution in [2.45, 2.75) is 65.2 Å².